The molecule has 0 saturated carbocycles. The van der Waals surface area contributed by atoms with Gasteiger partial charge in [-0.1, -0.05) is 58.0 Å². The van der Waals surface area contributed by atoms with Crippen molar-refractivity contribution in [2.24, 2.45) is 11.8 Å². The maximum Gasteiger partial charge on any atom is 0.260 e. The fourth-order valence-electron chi connectivity index (χ4n) is 2.89. The minimum Gasteiger partial charge on any atom is -0.483 e. The zero-order chi connectivity index (χ0) is 20.5. The van der Waals surface area contributed by atoms with Gasteiger partial charge in [-0.05, 0) is 36.1 Å². The van der Waals surface area contributed by atoms with Crippen molar-refractivity contribution in [3.05, 3.63) is 60.2 Å². The molecule has 0 aliphatic carbocycles. The summed E-state index contributed by atoms with van der Waals surface area (Å²) in [4.78, 5) is 27.1. The number of anilines is 1. The summed E-state index contributed by atoms with van der Waals surface area (Å²) in [5.41, 5.74) is 1.11. The Balaban J connectivity index is 2.05. The lowest BCUT2D eigenvalue weighted by Gasteiger charge is -2.26. The molecule has 5 heteroatoms. The molecule has 1 N–H and O–H groups in total. The largest absolute Gasteiger partial charge is 0.483 e. The van der Waals surface area contributed by atoms with Crippen molar-refractivity contribution in [1.29, 1.82) is 0 Å². The molecule has 2 amide bonds. The van der Waals surface area contributed by atoms with Crippen LogP contribution in [0.4, 0.5) is 5.69 Å². The second-order valence-electron chi connectivity index (χ2n) is 7.69. The topological polar surface area (TPSA) is 58.6 Å². The van der Waals surface area contributed by atoms with E-state index in [1.165, 1.54) is 0 Å². The van der Waals surface area contributed by atoms with Crippen LogP contribution < -0.4 is 10.1 Å². The van der Waals surface area contributed by atoms with Crippen LogP contribution in [0.15, 0.2) is 54.6 Å². The molecule has 0 fully saturated rings. The molecule has 0 aliphatic heterocycles. The van der Waals surface area contributed by atoms with Crippen molar-refractivity contribution in [2.75, 3.05) is 25.0 Å². The predicted molar refractivity (Wildman–Crippen MR) is 113 cm³/mol. The lowest BCUT2D eigenvalue weighted by Crippen LogP contribution is -2.40. The lowest BCUT2D eigenvalue weighted by molar-refractivity contribution is -0.134. The number of carbonyl (C=O) groups is 2. The Morgan fingerprint density at radius 3 is 2.07 bits per heavy atom. The van der Waals surface area contributed by atoms with Crippen molar-refractivity contribution in [3.8, 4) is 5.75 Å². The van der Waals surface area contributed by atoms with E-state index in [0.29, 0.717) is 41.9 Å². The van der Waals surface area contributed by atoms with E-state index in [1.54, 1.807) is 24.3 Å². The Morgan fingerprint density at radius 2 is 1.46 bits per heavy atom. The smallest absolute Gasteiger partial charge is 0.260 e. The van der Waals surface area contributed by atoms with Gasteiger partial charge < -0.3 is 15.0 Å². The molecule has 0 atom stereocenters. The van der Waals surface area contributed by atoms with Crippen LogP contribution in [0.2, 0.25) is 0 Å². The van der Waals surface area contributed by atoms with E-state index in [9.17, 15) is 9.59 Å². The zero-order valence-corrected chi connectivity index (χ0v) is 17.1. The van der Waals surface area contributed by atoms with Crippen LogP contribution in [-0.4, -0.2) is 36.4 Å². The van der Waals surface area contributed by atoms with Crippen molar-refractivity contribution in [3.63, 3.8) is 0 Å². The molecule has 28 heavy (non-hydrogen) atoms. The van der Waals surface area contributed by atoms with Gasteiger partial charge in [-0.2, -0.15) is 0 Å². The third-order valence-electron chi connectivity index (χ3n) is 4.04. The van der Waals surface area contributed by atoms with Gasteiger partial charge in [0.1, 0.15) is 5.75 Å². The molecular weight excluding hydrogens is 352 g/mol. The Kier molecular flexibility index (Phi) is 8.05. The summed E-state index contributed by atoms with van der Waals surface area (Å²) >= 11 is 0. The van der Waals surface area contributed by atoms with Crippen molar-refractivity contribution < 1.29 is 14.3 Å². The highest BCUT2D eigenvalue weighted by atomic mass is 16.5. The molecule has 150 valence electrons. The number of carbonyl (C=O) groups excluding carboxylic acids is 2. The van der Waals surface area contributed by atoms with Crippen LogP contribution in [0.25, 0.3) is 0 Å². The first kappa shape index (κ1) is 21.5. The van der Waals surface area contributed by atoms with Gasteiger partial charge in [0.05, 0.1) is 5.56 Å². The fourth-order valence-corrected chi connectivity index (χ4v) is 2.89. The average Bonchev–Trinajstić information content (AvgIpc) is 2.66. The number of nitrogens with zero attached hydrogens (tertiary/aromatic N) is 1. The number of amides is 2. The summed E-state index contributed by atoms with van der Waals surface area (Å²) in [6, 6.07) is 16.2. The molecule has 2 rings (SSSR count). The van der Waals surface area contributed by atoms with E-state index in [2.05, 4.69) is 33.0 Å². The Bertz CT molecular complexity index is 762. The zero-order valence-electron chi connectivity index (χ0n) is 17.1. The average molecular weight is 383 g/mol. The highest BCUT2D eigenvalue weighted by Gasteiger charge is 2.18. The van der Waals surface area contributed by atoms with Gasteiger partial charge >= 0.3 is 0 Å². The SMILES string of the molecule is CC(C)CN(CC(C)C)C(=O)COc1ccccc1C(=O)Nc1ccccc1. The molecule has 0 spiro atoms. The number of ether oxygens (including phenoxy) is 1. The first-order valence-electron chi connectivity index (χ1n) is 9.72. The Morgan fingerprint density at radius 1 is 0.893 bits per heavy atom. The van der Waals surface area contributed by atoms with Crippen LogP contribution in [0.1, 0.15) is 38.1 Å². The normalized spacial score (nSPS) is 10.8. The van der Waals surface area contributed by atoms with E-state index >= 15 is 0 Å². The molecule has 0 heterocycles. The van der Waals surface area contributed by atoms with Gasteiger partial charge in [-0.15, -0.1) is 0 Å². The van der Waals surface area contributed by atoms with E-state index in [1.807, 2.05) is 35.2 Å². The molecule has 0 saturated heterocycles. The van der Waals surface area contributed by atoms with Gasteiger partial charge in [0.2, 0.25) is 0 Å². The molecule has 0 radical (unpaired) electrons. The minimum absolute atomic E-state index is 0.0688. The number of hydrogen-bond acceptors (Lipinski definition) is 3. The molecule has 0 unspecified atom stereocenters. The van der Waals surface area contributed by atoms with Crippen molar-refractivity contribution >= 4 is 17.5 Å². The maximum absolute atomic E-state index is 12.7. The molecule has 0 bridgehead atoms. The summed E-state index contributed by atoms with van der Waals surface area (Å²) in [7, 11) is 0. The Labute approximate surface area is 167 Å². The van der Waals surface area contributed by atoms with Crippen LogP contribution in [0, 0.1) is 11.8 Å². The van der Waals surface area contributed by atoms with Crippen molar-refractivity contribution in [1.82, 2.24) is 4.90 Å². The van der Waals surface area contributed by atoms with Gasteiger partial charge in [0, 0.05) is 18.8 Å². The van der Waals surface area contributed by atoms with Crippen LogP contribution in [-0.2, 0) is 4.79 Å². The number of hydrogen-bond donors (Lipinski definition) is 1. The maximum atomic E-state index is 12.7. The number of benzene rings is 2. The second-order valence-corrected chi connectivity index (χ2v) is 7.69. The summed E-state index contributed by atoms with van der Waals surface area (Å²) in [5, 5.41) is 2.85. The molecule has 0 aliphatic rings. The van der Waals surface area contributed by atoms with Gasteiger partial charge in [-0.25, -0.2) is 0 Å². The van der Waals surface area contributed by atoms with E-state index in [-0.39, 0.29) is 18.4 Å². The van der Waals surface area contributed by atoms with Crippen LogP contribution in [0.3, 0.4) is 0 Å². The minimum atomic E-state index is -0.268. The molecule has 2 aromatic rings. The van der Waals surface area contributed by atoms with E-state index < -0.39 is 0 Å². The van der Waals surface area contributed by atoms with Crippen molar-refractivity contribution in [2.45, 2.75) is 27.7 Å². The van der Waals surface area contributed by atoms with Gasteiger partial charge in [0.25, 0.3) is 11.8 Å². The number of rotatable bonds is 9. The standard InChI is InChI=1S/C23H30N2O3/c1-17(2)14-25(15-18(3)4)22(26)16-28-21-13-9-8-12-20(21)23(27)24-19-10-6-5-7-11-19/h5-13,17-18H,14-16H2,1-4H3,(H,24,27). The highest BCUT2D eigenvalue weighted by Crippen LogP contribution is 2.20. The number of nitrogens with one attached hydrogen (secondary N) is 1. The first-order valence-corrected chi connectivity index (χ1v) is 9.72. The summed E-state index contributed by atoms with van der Waals surface area (Å²) in [5.74, 6) is 0.827. The molecular formula is C23H30N2O3. The molecule has 0 aromatic heterocycles. The monoisotopic (exact) mass is 382 g/mol. The highest BCUT2D eigenvalue weighted by molar-refractivity contribution is 6.06. The van der Waals surface area contributed by atoms with E-state index in [4.69, 9.17) is 4.74 Å². The predicted octanol–water partition coefficient (Wildman–Crippen LogP) is 4.46. The van der Waals surface area contributed by atoms with Crippen LogP contribution >= 0.6 is 0 Å². The number of para-hydroxylation sites is 2. The van der Waals surface area contributed by atoms with Gasteiger partial charge in [-0.3, -0.25) is 9.59 Å². The summed E-state index contributed by atoms with van der Waals surface area (Å²) < 4.78 is 5.75. The first-order chi connectivity index (χ1) is 13.4. The second kappa shape index (κ2) is 10.5. The quantitative estimate of drug-likeness (QED) is 0.697. The molecule has 2 aromatic carbocycles. The summed E-state index contributed by atoms with van der Waals surface area (Å²) in [6.45, 7) is 9.65. The lowest BCUT2D eigenvalue weighted by atomic mass is 10.1. The molecule has 5 nitrogen and oxygen atoms in total. The van der Waals surface area contributed by atoms with E-state index in [0.717, 1.165) is 0 Å². The fraction of sp³-hybridized carbons (Fsp3) is 0.391. The third-order valence-corrected chi connectivity index (χ3v) is 4.04. The Hall–Kier alpha value is -2.82. The third kappa shape index (κ3) is 6.72. The van der Waals surface area contributed by atoms with Gasteiger partial charge in [0.15, 0.2) is 6.61 Å². The summed E-state index contributed by atoms with van der Waals surface area (Å²) in [6.07, 6.45) is 0. The van der Waals surface area contributed by atoms with Crippen LogP contribution in [0.5, 0.6) is 5.75 Å².